The minimum Gasteiger partial charge on any atom is -0.397 e. The maximum Gasteiger partial charge on any atom is 0.263 e. The Bertz CT molecular complexity index is 895. The Morgan fingerprint density at radius 1 is 1.57 bits per heavy atom. The average molecular weight is 322 g/mol. The number of pyridine rings is 1. The highest BCUT2D eigenvalue weighted by Crippen LogP contribution is 2.39. The summed E-state index contributed by atoms with van der Waals surface area (Å²) in [5.41, 5.74) is 8.06. The number of amides is 1. The van der Waals surface area contributed by atoms with Crippen molar-refractivity contribution >= 4 is 50.4 Å². The van der Waals surface area contributed by atoms with Gasteiger partial charge in [0, 0.05) is 11.4 Å². The number of hydrogen-bond donors (Lipinski definition) is 2. The van der Waals surface area contributed by atoms with Crippen molar-refractivity contribution in [2.45, 2.75) is 25.8 Å². The Kier molecular flexibility index (Phi) is 2.64. The summed E-state index contributed by atoms with van der Waals surface area (Å²) in [6.07, 6.45) is 3.52. The van der Waals surface area contributed by atoms with Crippen LogP contribution in [0.5, 0.6) is 0 Å². The lowest BCUT2D eigenvalue weighted by Crippen LogP contribution is -2.25. The summed E-state index contributed by atoms with van der Waals surface area (Å²) in [5.74, 6) is -0.125. The lowest BCUT2D eigenvalue weighted by molar-refractivity contribution is 0.0956. The van der Waals surface area contributed by atoms with Gasteiger partial charge in [0.05, 0.1) is 10.7 Å². The largest absolute Gasteiger partial charge is 0.397 e. The van der Waals surface area contributed by atoms with E-state index in [9.17, 15) is 4.79 Å². The lowest BCUT2D eigenvalue weighted by atomic mass is 10.1. The lowest BCUT2D eigenvalue weighted by Gasteiger charge is -2.04. The van der Waals surface area contributed by atoms with Gasteiger partial charge in [0.1, 0.15) is 16.0 Å². The predicted molar refractivity (Wildman–Crippen MR) is 83.0 cm³/mol. The summed E-state index contributed by atoms with van der Waals surface area (Å²) >= 11 is 7.65. The molecule has 0 aromatic carbocycles. The zero-order valence-electron chi connectivity index (χ0n) is 11.2. The fraction of sp³-hybridized carbons (Fsp3) is 0.308. The van der Waals surface area contributed by atoms with Crippen LogP contribution in [0.3, 0.4) is 0 Å². The summed E-state index contributed by atoms with van der Waals surface area (Å²) < 4.78 is 1.64. The summed E-state index contributed by atoms with van der Waals surface area (Å²) in [5, 5.41) is 8.44. The molecule has 1 fully saturated rings. The van der Waals surface area contributed by atoms with Gasteiger partial charge < -0.3 is 11.1 Å². The van der Waals surface area contributed by atoms with E-state index in [0.717, 1.165) is 28.6 Å². The summed E-state index contributed by atoms with van der Waals surface area (Å²) in [6, 6.07) is 0.290. The number of hydrogen-bond acceptors (Lipinski definition) is 5. The Labute approximate surface area is 128 Å². The predicted octanol–water partition coefficient (Wildman–Crippen LogP) is 2.38. The molecule has 0 radical (unpaired) electrons. The molecule has 0 bridgehead atoms. The molecule has 4 rings (SSSR count). The third kappa shape index (κ3) is 1.81. The SMILES string of the molecule is Cc1c(Cl)c2ncnn2c2sc(C(=O)NC3CC3)c(N)c12. The van der Waals surface area contributed by atoms with Crippen LogP contribution in [0.25, 0.3) is 15.9 Å². The second-order valence-corrected chi connectivity index (χ2v) is 6.58. The third-order valence-corrected chi connectivity index (χ3v) is 5.32. The molecule has 21 heavy (non-hydrogen) atoms. The van der Waals surface area contributed by atoms with Gasteiger partial charge in [-0.1, -0.05) is 11.6 Å². The van der Waals surface area contributed by atoms with Crippen LogP contribution in [0.4, 0.5) is 5.69 Å². The number of aromatic nitrogens is 3. The molecule has 1 aliphatic carbocycles. The molecule has 3 aromatic rings. The maximum atomic E-state index is 12.3. The Morgan fingerprint density at radius 3 is 3.05 bits per heavy atom. The van der Waals surface area contributed by atoms with Crippen molar-refractivity contribution in [2.24, 2.45) is 0 Å². The first-order valence-corrected chi connectivity index (χ1v) is 7.78. The standard InChI is InChI=1S/C13H12ClN5OS/c1-5-7-9(15)10(12(20)18-6-2-3-6)21-13(7)19-11(8(5)14)16-4-17-19/h4,6H,2-3,15H2,1H3,(H,18,20). The molecule has 0 saturated heterocycles. The van der Waals surface area contributed by atoms with Gasteiger partial charge in [0.15, 0.2) is 5.65 Å². The van der Waals surface area contributed by atoms with Crippen molar-refractivity contribution in [3.05, 3.63) is 21.8 Å². The van der Waals surface area contributed by atoms with Crippen LogP contribution in [0, 0.1) is 6.92 Å². The average Bonchev–Trinajstić information content (AvgIpc) is 3.01. The molecule has 1 saturated carbocycles. The van der Waals surface area contributed by atoms with E-state index in [-0.39, 0.29) is 11.9 Å². The number of fused-ring (bicyclic) bond motifs is 3. The number of nitrogens with two attached hydrogens (primary N) is 1. The van der Waals surface area contributed by atoms with Gasteiger partial charge in [-0.3, -0.25) is 4.79 Å². The second kappa shape index (κ2) is 4.32. The van der Waals surface area contributed by atoms with E-state index in [1.807, 2.05) is 6.92 Å². The number of anilines is 1. The minimum absolute atomic E-state index is 0.125. The topological polar surface area (TPSA) is 85.3 Å². The van der Waals surface area contributed by atoms with Crippen LogP contribution in [0.1, 0.15) is 28.1 Å². The fourth-order valence-corrected chi connectivity index (χ4v) is 3.77. The molecule has 0 aliphatic heterocycles. The summed E-state index contributed by atoms with van der Waals surface area (Å²) in [7, 11) is 0. The Hall–Kier alpha value is -1.86. The van der Waals surface area contributed by atoms with Gasteiger partial charge >= 0.3 is 0 Å². The summed E-state index contributed by atoms with van der Waals surface area (Å²) in [4.78, 5) is 17.8. The van der Waals surface area contributed by atoms with Crippen molar-refractivity contribution in [3.63, 3.8) is 0 Å². The first-order chi connectivity index (χ1) is 10.1. The number of carbonyl (C=O) groups is 1. The zero-order chi connectivity index (χ0) is 14.7. The quantitative estimate of drug-likeness (QED) is 0.759. The number of nitrogens with one attached hydrogen (secondary N) is 1. The van der Waals surface area contributed by atoms with Crippen LogP contribution in [0.15, 0.2) is 6.33 Å². The van der Waals surface area contributed by atoms with Crippen LogP contribution < -0.4 is 11.1 Å². The molecule has 3 N–H and O–H groups in total. The number of halogens is 1. The maximum absolute atomic E-state index is 12.3. The molecule has 108 valence electrons. The highest BCUT2D eigenvalue weighted by atomic mass is 35.5. The molecule has 1 amide bonds. The number of rotatable bonds is 2. The van der Waals surface area contributed by atoms with E-state index >= 15 is 0 Å². The van der Waals surface area contributed by atoms with Gasteiger partial charge in [-0.15, -0.1) is 11.3 Å². The van der Waals surface area contributed by atoms with E-state index in [0.29, 0.717) is 21.2 Å². The van der Waals surface area contributed by atoms with E-state index < -0.39 is 0 Å². The minimum atomic E-state index is -0.125. The van der Waals surface area contributed by atoms with Crippen molar-refractivity contribution in [3.8, 4) is 0 Å². The highest BCUT2D eigenvalue weighted by Gasteiger charge is 2.27. The van der Waals surface area contributed by atoms with Crippen LogP contribution >= 0.6 is 22.9 Å². The van der Waals surface area contributed by atoms with Gasteiger partial charge in [0.25, 0.3) is 5.91 Å². The van der Waals surface area contributed by atoms with Crippen molar-refractivity contribution in [2.75, 3.05) is 5.73 Å². The fourth-order valence-electron chi connectivity index (χ4n) is 2.41. The first kappa shape index (κ1) is 12.8. The van der Waals surface area contributed by atoms with Gasteiger partial charge in [-0.25, -0.2) is 9.50 Å². The molecule has 0 spiro atoms. The first-order valence-electron chi connectivity index (χ1n) is 6.58. The van der Waals surface area contributed by atoms with Gasteiger partial charge in [-0.2, -0.15) is 5.10 Å². The van der Waals surface area contributed by atoms with Crippen LogP contribution in [-0.4, -0.2) is 26.5 Å². The van der Waals surface area contributed by atoms with E-state index in [4.69, 9.17) is 17.3 Å². The number of aryl methyl sites for hydroxylation is 1. The molecule has 1 aliphatic rings. The van der Waals surface area contributed by atoms with Crippen molar-refractivity contribution < 1.29 is 4.79 Å². The monoisotopic (exact) mass is 321 g/mol. The molecule has 6 nitrogen and oxygen atoms in total. The second-order valence-electron chi connectivity index (χ2n) is 5.21. The molecule has 0 atom stereocenters. The highest BCUT2D eigenvalue weighted by molar-refractivity contribution is 7.21. The van der Waals surface area contributed by atoms with Gasteiger partial charge in [0.2, 0.25) is 0 Å². The molecular weight excluding hydrogens is 310 g/mol. The number of nitrogen functional groups attached to an aromatic ring is 1. The van der Waals surface area contributed by atoms with E-state index in [2.05, 4.69) is 15.4 Å². The molecule has 3 heterocycles. The molecular formula is C13H12ClN5OS. The zero-order valence-corrected chi connectivity index (χ0v) is 12.8. The molecule has 3 aromatic heterocycles. The van der Waals surface area contributed by atoms with Crippen LogP contribution in [0.2, 0.25) is 5.02 Å². The van der Waals surface area contributed by atoms with E-state index in [1.165, 1.54) is 17.7 Å². The smallest absolute Gasteiger partial charge is 0.263 e. The molecule has 8 heteroatoms. The number of nitrogens with zero attached hydrogens (tertiary/aromatic N) is 3. The van der Waals surface area contributed by atoms with E-state index in [1.54, 1.807) is 4.52 Å². The molecule has 0 unspecified atom stereocenters. The van der Waals surface area contributed by atoms with Crippen molar-refractivity contribution in [1.82, 2.24) is 19.9 Å². The van der Waals surface area contributed by atoms with Gasteiger partial charge in [-0.05, 0) is 25.3 Å². The van der Waals surface area contributed by atoms with Crippen LogP contribution in [-0.2, 0) is 0 Å². The Balaban J connectivity index is 2.00. The Morgan fingerprint density at radius 2 is 2.33 bits per heavy atom. The summed E-state index contributed by atoms with van der Waals surface area (Å²) in [6.45, 7) is 1.88. The number of thiophene rings is 1. The number of carbonyl (C=O) groups excluding carboxylic acids is 1. The third-order valence-electron chi connectivity index (χ3n) is 3.69. The van der Waals surface area contributed by atoms with Crippen molar-refractivity contribution in [1.29, 1.82) is 0 Å². The normalized spacial score (nSPS) is 15.0.